The molecule has 0 aliphatic rings. The van der Waals surface area contributed by atoms with Crippen molar-refractivity contribution in [2.45, 2.75) is 6.92 Å². The summed E-state index contributed by atoms with van der Waals surface area (Å²) in [6, 6.07) is 16.2. The first-order chi connectivity index (χ1) is 13.2. The lowest BCUT2D eigenvalue weighted by Crippen LogP contribution is -1.84. The van der Waals surface area contributed by atoms with E-state index in [9.17, 15) is 0 Å². The molecule has 0 N–H and O–H groups in total. The van der Waals surface area contributed by atoms with E-state index in [1.165, 1.54) is 5.56 Å². The van der Waals surface area contributed by atoms with Crippen LogP contribution in [-0.4, -0.2) is 14.4 Å². The molecular weight excluding hydrogens is 394 g/mol. The number of hydrogen-bond acceptors (Lipinski definition) is 4. The molecule has 0 aliphatic heterocycles. The fourth-order valence-corrected chi connectivity index (χ4v) is 4.85. The van der Waals surface area contributed by atoms with Crippen LogP contribution in [0.3, 0.4) is 0 Å². The number of halogens is 1. The zero-order valence-electron chi connectivity index (χ0n) is 14.4. The molecule has 132 valence electrons. The van der Waals surface area contributed by atoms with Gasteiger partial charge in [0.1, 0.15) is 5.01 Å². The fourth-order valence-electron chi connectivity index (χ4n) is 2.95. The summed E-state index contributed by atoms with van der Waals surface area (Å²) in [6.07, 6.45) is 2.09. The highest BCUT2D eigenvalue weighted by molar-refractivity contribution is 7.16. The van der Waals surface area contributed by atoms with Gasteiger partial charge in [0.25, 0.3) is 0 Å². The third-order valence-corrected chi connectivity index (χ3v) is 6.38. The molecule has 3 heterocycles. The van der Waals surface area contributed by atoms with Gasteiger partial charge in [-0.05, 0) is 19.1 Å². The first-order valence-electron chi connectivity index (χ1n) is 8.43. The van der Waals surface area contributed by atoms with E-state index in [4.69, 9.17) is 21.6 Å². The molecule has 3 aromatic heterocycles. The van der Waals surface area contributed by atoms with Gasteiger partial charge in [-0.3, -0.25) is 4.40 Å². The molecule has 2 aromatic carbocycles. The van der Waals surface area contributed by atoms with Gasteiger partial charge in [-0.15, -0.1) is 22.7 Å². The van der Waals surface area contributed by atoms with E-state index in [0.29, 0.717) is 0 Å². The molecule has 5 rings (SSSR count). The summed E-state index contributed by atoms with van der Waals surface area (Å²) in [5, 5.41) is 5.92. The van der Waals surface area contributed by atoms with E-state index in [1.54, 1.807) is 22.7 Å². The minimum absolute atomic E-state index is 0.732. The van der Waals surface area contributed by atoms with E-state index in [-0.39, 0.29) is 0 Å². The van der Waals surface area contributed by atoms with Crippen LogP contribution < -0.4 is 0 Å². The van der Waals surface area contributed by atoms with Crippen molar-refractivity contribution in [1.29, 1.82) is 0 Å². The first-order valence-corrected chi connectivity index (χ1v) is 10.6. The Morgan fingerprint density at radius 3 is 2.30 bits per heavy atom. The Labute approximate surface area is 169 Å². The second kappa shape index (κ2) is 6.60. The zero-order valence-corrected chi connectivity index (χ0v) is 16.8. The fraction of sp³-hybridized carbons (Fsp3) is 0.0476. The maximum atomic E-state index is 5.99. The minimum atomic E-state index is 0.732. The van der Waals surface area contributed by atoms with Gasteiger partial charge in [0.05, 0.1) is 17.1 Å². The van der Waals surface area contributed by atoms with Crippen molar-refractivity contribution in [3.8, 4) is 33.2 Å². The largest absolute Gasteiger partial charge is 0.287 e. The van der Waals surface area contributed by atoms with Gasteiger partial charge in [0.15, 0.2) is 4.96 Å². The Morgan fingerprint density at radius 1 is 0.815 bits per heavy atom. The van der Waals surface area contributed by atoms with Crippen molar-refractivity contribution in [1.82, 2.24) is 14.4 Å². The molecule has 0 saturated carbocycles. The van der Waals surface area contributed by atoms with Gasteiger partial charge in [0.2, 0.25) is 0 Å². The van der Waals surface area contributed by atoms with E-state index in [2.05, 4.69) is 52.5 Å². The molecule has 0 unspecified atom stereocenters. The Morgan fingerprint density at radius 2 is 1.52 bits per heavy atom. The average molecular weight is 408 g/mol. The van der Waals surface area contributed by atoms with Crippen LogP contribution in [0.2, 0.25) is 5.02 Å². The van der Waals surface area contributed by atoms with Crippen LogP contribution in [0.25, 0.3) is 38.2 Å². The summed E-state index contributed by atoms with van der Waals surface area (Å²) in [7, 11) is 0. The molecule has 0 saturated heterocycles. The van der Waals surface area contributed by atoms with Crippen LogP contribution in [0.1, 0.15) is 5.56 Å². The Kier molecular flexibility index (Phi) is 4.08. The number of thiazole rings is 2. The summed E-state index contributed by atoms with van der Waals surface area (Å²) in [5.74, 6) is 0. The number of benzene rings is 2. The van der Waals surface area contributed by atoms with Crippen LogP contribution in [0.5, 0.6) is 0 Å². The third-order valence-electron chi connectivity index (χ3n) is 4.42. The van der Waals surface area contributed by atoms with Crippen LogP contribution >= 0.6 is 34.3 Å². The second-order valence-corrected chi connectivity index (χ2v) is 8.44. The summed E-state index contributed by atoms with van der Waals surface area (Å²) in [6.45, 7) is 2.09. The van der Waals surface area contributed by atoms with E-state index < -0.39 is 0 Å². The van der Waals surface area contributed by atoms with Crippen molar-refractivity contribution >= 4 is 39.2 Å². The molecule has 0 aliphatic carbocycles. The van der Waals surface area contributed by atoms with Crippen molar-refractivity contribution in [2.24, 2.45) is 0 Å². The standard InChI is InChI=1S/C21H14ClN3S2/c1-13-2-4-14(5-3-13)17-10-25-19(12-27-21(25)24-17)20-23-18(11-26-20)15-6-8-16(22)9-7-15/h2-12H,1H3. The van der Waals surface area contributed by atoms with E-state index in [0.717, 1.165) is 43.2 Å². The minimum Gasteiger partial charge on any atom is -0.287 e. The van der Waals surface area contributed by atoms with Crippen LogP contribution in [0.15, 0.2) is 65.5 Å². The van der Waals surface area contributed by atoms with Gasteiger partial charge in [-0.2, -0.15) is 0 Å². The van der Waals surface area contributed by atoms with Crippen LogP contribution in [-0.2, 0) is 0 Å². The predicted molar refractivity (Wildman–Crippen MR) is 115 cm³/mol. The number of imidazole rings is 1. The molecular formula is C21H14ClN3S2. The number of aromatic nitrogens is 3. The van der Waals surface area contributed by atoms with Crippen molar-refractivity contribution in [2.75, 3.05) is 0 Å². The maximum absolute atomic E-state index is 5.99. The predicted octanol–water partition coefficient (Wildman–Crippen LogP) is 6.82. The summed E-state index contributed by atoms with van der Waals surface area (Å²) in [5.41, 5.74) is 6.47. The van der Waals surface area contributed by atoms with Crippen LogP contribution in [0.4, 0.5) is 0 Å². The Bertz CT molecular complexity index is 1230. The van der Waals surface area contributed by atoms with Crippen LogP contribution in [0, 0.1) is 6.92 Å². The molecule has 0 atom stereocenters. The number of aryl methyl sites for hydroxylation is 1. The molecule has 0 bridgehead atoms. The molecule has 0 amide bonds. The topological polar surface area (TPSA) is 30.2 Å². The summed E-state index contributed by atoms with van der Waals surface area (Å²) in [4.78, 5) is 10.6. The van der Waals surface area contributed by atoms with E-state index in [1.807, 2.05) is 24.3 Å². The normalized spacial score (nSPS) is 11.3. The van der Waals surface area contributed by atoms with Crippen molar-refractivity contribution in [3.05, 3.63) is 76.1 Å². The van der Waals surface area contributed by atoms with Gasteiger partial charge in [-0.25, -0.2) is 9.97 Å². The molecule has 3 nitrogen and oxygen atoms in total. The SMILES string of the molecule is Cc1ccc(-c2cn3c(-c4nc(-c5ccc(Cl)cc5)cs4)csc3n2)cc1. The zero-order chi connectivity index (χ0) is 18.4. The van der Waals surface area contributed by atoms with Gasteiger partial charge in [0, 0.05) is 33.1 Å². The lowest BCUT2D eigenvalue weighted by Gasteiger charge is -1.97. The highest BCUT2D eigenvalue weighted by atomic mass is 35.5. The quantitative estimate of drug-likeness (QED) is 0.328. The second-order valence-electron chi connectivity index (χ2n) is 6.31. The molecule has 0 fully saturated rings. The molecule has 6 heteroatoms. The van der Waals surface area contributed by atoms with Gasteiger partial charge in [-0.1, -0.05) is 53.6 Å². The van der Waals surface area contributed by atoms with Gasteiger partial charge < -0.3 is 0 Å². The Hall–Kier alpha value is -2.47. The number of rotatable bonds is 3. The summed E-state index contributed by atoms with van der Waals surface area (Å²) >= 11 is 9.26. The number of hydrogen-bond donors (Lipinski definition) is 0. The lowest BCUT2D eigenvalue weighted by atomic mass is 10.1. The highest BCUT2D eigenvalue weighted by Gasteiger charge is 2.14. The Balaban J connectivity index is 1.54. The average Bonchev–Trinajstić information content (AvgIpc) is 3.38. The third kappa shape index (κ3) is 3.08. The monoisotopic (exact) mass is 407 g/mol. The maximum Gasteiger partial charge on any atom is 0.194 e. The summed E-state index contributed by atoms with van der Waals surface area (Å²) < 4.78 is 2.13. The first kappa shape index (κ1) is 16.7. The number of nitrogens with zero attached hydrogens (tertiary/aromatic N) is 3. The molecule has 0 spiro atoms. The van der Waals surface area contributed by atoms with E-state index >= 15 is 0 Å². The molecule has 27 heavy (non-hydrogen) atoms. The van der Waals surface area contributed by atoms with Crippen molar-refractivity contribution in [3.63, 3.8) is 0 Å². The smallest absolute Gasteiger partial charge is 0.194 e. The lowest BCUT2D eigenvalue weighted by molar-refractivity contribution is 1.22. The van der Waals surface area contributed by atoms with Gasteiger partial charge >= 0.3 is 0 Å². The highest BCUT2D eigenvalue weighted by Crippen LogP contribution is 2.33. The molecule has 5 aromatic rings. The molecule has 0 radical (unpaired) electrons. The van der Waals surface area contributed by atoms with Crippen molar-refractivity contribution < 1.29 is 0 Å². The number of fused-ring (bicyclic) bond motifs is 1.